The molecule has 0 spiro atoms. The molecule has 3 N–H and O–H groups in total. The third kappa shape index (κ3) is 3.68. The molecule has 1 aromatic carbocycles. The van der Waals surface area contributed by atoms with Crippen LogP contribution in [0.25, 0.3) is 0 Å². The van der Waals surface area contributed by atoms with Crippen LogP contribution in [0.15, 0.2) is 36.9 Å². The normalized spacial score (nSPS) is 12.1. The molecule has 1 rings (SSSR count). The van der Waals surface area contributed by atoms with Crippen LogP contribution < -0.4 is 15.8 Å². The fourth-order valence-electron chi connectivity index (χ4n) is 1.53. The lowest BCUT2D eigenvalue weighted by Crippen LogP contribution is -2.28. The quantitative estimate of drug-likeness (QED) is 0.544. The van der Waals surface area contributed by atoms with Gasteiger partial charge in [0, 0.05) is 12.6 Å². The highest BCUT2D eigenvalue weighted by molar-refractivity contribution is 5.29. The van der Waals surface area contributed by atoms with Gasteiger partial charge in [0.05, 0.1) is 7.11 Å². The molecular weight excluding hydrogens is 200 g/mol. The Morgan fingerprint density at radius 1 is 1.44 bits per heavy atom. The third-order valence-electron chi connectivity index (χ3n) is 2.49. The maximum absolute atomic E-state index is 5.74. The van der Waals surface area contributed by atoms with Gasteiger partial charge in [0.2, 0.25) is 0 Å². The van der Waals surface area contributed by atoms with Crippen molar-refractivity contribution < 1.29 is 4.74 Å². The highest BCUT2D eigenvalue weighted by Gasteiger charge is 2.07. The van der Waals surface area contributed by atoms with Gasteiger partial charge >= 0.3 is 0 Å². The summed E-state index contributed by atoms with van der Waals surface area (Å²) in [7, 11) is 1.66. The zero-order valence-electron chi connectivity index (χ0n) is 9.78. The van der Waals surface area contributed by atoms with Crippen molar-refractivity contribution in [3.8, 4) is 5.75 Å². The van der Waals surface area contributed by atoms with Crippen molar-refractivity contribution in [1.29, 1.82) is 0 Å². The Balaban J connectivity index is 2.59. The Bertz CT molecular complexity index is 308. The molecular formula is C13H20N2O. The second kappa shape index (κ2) is 7.04. The van der Waals surface area contributed by atoms with Gasteiger partial charge in [-0.15, -0.1) is 6.58 Å². The number of hydrogen-bond acceptors (Lipinski definition) is 3. The molecule has 0 aliphatic carbocycles. The van der Waals surface area contributed by atoms with E-state index in [9.17, 15) is 0 Å². The second-order valence-electron chi connectivity index (χ2n) is 3.59. The van der Waals surface area contributed by atoms with E-state index in [0.29, 0.717) is 6.54 Å². The van der Waals surface area contributed by atoms with E-state index in [1.165, 1.54) is 5.56 Å². The molecule has 0 saturated heterocycles. The van der Waals surface area contributed by atoms with Crippen LogP contribution in [0.5, 0.6) is 5.75 Å². The SMILES string of the molecule is C=CCCNC(CN)c1ccc(OC)cc1. The van der Waals surface area contributed by atoms with Crippen LogP contribution in [0.4, 0.5) is 0 Å². The molecule has 16 heavy (non-hydrogen) atoms. The van der Waals surface area contributed by atoms with Crippen LogP contribution in [0.1, 0.15) is 18.0 Å². The van der Waals surface area contributed by atoms with Gasteiger partial charge in [0.15, 0.2) is 0 Å². The number of nitrogens with one attached hydrogen (secondary N) is 1. The summed E-state index contributed by atoms with van der Waals surface area (Å²) in [6.45, 7) is 5.18. The molecule has 3 heteroatoms. The molecule has 1 atom stereocenters. The van der Waals surface area contributed by atoms with Gasteiger partial charge in [-0.3, -0.25) is 0 Å². The second-order valence-corrected chi connectivity index (χ2v) is 3.59. The molecule has 0 aliphatic heterocycles. The van der Waals surface area contributed by atoms with E-state index in [4.69, 9.17) is 10.5 Å². The zero-order chi connectivity index (χ0) is 11.8. The molecule has 0 radical (unpaired) electrons. The maximum Gasteiger partial charge on any atom is 0.118 e. The molecule has 0 bridgehead atoms. The number of nitrogens with two attached hydrogens (primary N) is 1. The first-order chi connectivity index (χ1) is 7.81. The molecule has 0 fully saturated rings. The molecule has 0 aliphatic rings. The van der Waals surface area contributed by atoms with Crippen molar-refractivity contribution in [2.45, 2.75) is 12.5 Å². The van der Waals surface area contributed by atoms with Crippen LogP contribution in [-0.4, -0.2) is 20.2 Å². The van der Waals surface area contributed by atoms with Crippen molar-refractivity contribution in [3.63, 3.8) is 0 Å². The van der Waals surface area contributed by atoms with Crippen molar-refractivity contribution in [1.82, 2.24) is 5.32 Å². The smallest absolute Gasteiger partial charge is 0.118 e. The highest BCUT2D eigenvalue weighted by Crippen LogP contribution is 2.16. The van der Waals surface area contributed by atoms with Gasteiger partial charge in [0.1, 0.15) is 5.75 Å². The lowest BCUT2D eigenvalue weighted by molar-refractivity contribution is 0.414. The summed E-state index contributed by atoms with van der Waals surface area (Å²) in [5.41, 5.74) is 6.93. The van der Waals surface area contributed by atoms with Crippen LogP contribution >= 0.6 is 0 Å². The minimum absolute atomic E-state index is 0.200. The summed E-state index contributed by atoms with van der Waals surface area (Å²) in [4.78, 5) is 0. The molecule has 0 amide bonds. The predicted molar refractivity (Wildman–Crippen MR) is 67.6 cm³/mol. The average Bonchev–Trinajstić information content (AvgIpc) is 2.35. The molecule has 88 valence electrons. The van der Waals surface area contributed by atoms with E-state index in [-0.39, 0.29) is 6.04 Å². The Hall–Kier alpha value is -1.32. The van der Waals surface area contributed by atoms with Crippen molar-refractivity contribution >= 4 is 0 Å². The monoisotopic (exact) mass is 220 g/mol. The van der Waals surface area contributed by atoms with Crippen LogP contribution in [0.3, 0.4) is 0 Å². The fraction of sp³-hybridized carbons (Fsp3) is 0.385. The van der Waals surface area contributed by atoms with Crippen molar-refractivity contribution in [3.05, 3.63) is 42.5 Å². The maximum atomic E-state index is 5.74. The Morgan fingerprint density at radius 3 is 2.62 bits per heavy atom. The minimum Gasteiger partial charge on any atom is -0.497 e. The molecule has 1 unspecified atom stereocenters. The largest absolute Gasteiger partial charge is 0.497 e. The van der Waals surface area contributed by atoms with Gasteiger partial charge in [-0.2, -0.15) is 0 Å². The Labute approximate surface area is 97.3 Å². The summed E-state index contributed by atoms with van der Waals surface area (Å²) in [5.74, 6) is 0.866. The van der Waals surface area contributed by atoms with Crippen LogP contribution in [0, 0.1) is 0 Å². The fourth-order valence-corrected chi connectivity index (χ4v) is 1.53. The first kappa shape index (κ1) is 12.7. The predicted octanol–water partition coefficient (Wildman–Crippen LogP) is 1.86. The van der Waals surface area contributed by atoms with E-state index in [1.54, 1.807) is 7.11 Å². The van der Waals surface area contributed by atoms with E-state index in [0.717, 1.165) is 18.7 Å². The van der Waals surface area contributed by atoms with Gasteiger partial charge in [-0.25, -0.2) is 0 Å². The van der Waals surface area contributed by atoms with E-state index in [1.807, 2.05) is 30.3 Å². The minimum atomic E-state index is 0.200. The number of benzene rings is 1. The van der Waals surface area contributed by atoms with Crippen molar-refractivity contribution in [2.75, 3.05) is 20.2 Å². The first-order valence-electron chi connectivity index (χ1n) is 5.50. The van der Waals surface area contributed by atoms with Crippen LogP contribution in [0.2, 0.25) is 0 Å². The van der Waals surface area contributed by atoms with Crippen LogP contribution in [-0.2, 0) is 0 Å². The van der Waals surface area contributed by atoms with Gasteiger partial charge in [-0.1, -0.05) is 18.2 Å². The number of ether oxygens (including phenoxy) is 1. The first-order valence-corrected chi connectivity index (χ1v) is 5.50. The Morgan fingerprint density at radius 2 is 2.12 bits per heavy atom. The number of hydrogen-bond donors (Lipinski definition) is 2. The van der Waals surface area contributed by atoms with E-state index in [2.05, 4.69) is 11.9 Å². The molecule has 3 nitrogen and oxygen atoms in total. The lowest BCUT2D eigenvalue weighted by Gasteiger charge is -2.17. The number of rotatable bonds is 7. The summed E-state index contributed by atoms with van der Waals surface area (Å²) < 4.78 is 5.12. The molecule has 0 aromatic heterocycles. The molecule has 1 aromatic rings. The lowest BCUT2D eigenvalue weighted by atomic mass is 10.1. The van der Waals surface area contributed by atoms with E-state index < -0.39 is 0 Å². The standard InChI is InChI=1S/C13H20N2O/c1-3-4-9-15-13(10-14)11-5-7-12(16-2)8-6-11/h3,5-8,13,15H,1,4,9-10,14H2,2H3. The van der Waals surface area contributed by atoms with Gasteiger partial charge < -0.3 is 15.8 Å². The third-order valence-corrected chi connectivity index (χ3v) is 2.49. The van der Waals surface area contributed by atoms with E-state index >= 15 is 0 Å². The average molecular weight is 220 g/mol. The summed E-state index contributed by atoms with van der Waals surface area (Å²) in [6, 6.07) is 8.18. The zero-order valence-corrected chi connectivity index (χ0v) is 9.78. The summed E-state index contributed by atoms with van der Waals surface area (Å²) >= 11 is 0. The Kier molecular flexibility index (Phi) is 5.61. The molecule has 0 saturated carbocycles. The van der Waals surface area contributed by atoms with Crippen molar-refractivity contribution in [2.24, 2.45) is 5.73 Å². The van der Waals surface area contributed by atoms with Gasteiger partial charge in [-0.05, 0) is 30.7 Å². The summed E-state index contributed by atoms with van der Waals surface area (Å²) in [6.07, 6.45) is 2.85. The number of methoxy groups -OCH3 is 1. The molecule has 0 heterocycles. The topological polar surface area (TPSA) is 47.3 Å². The highest BCUT2D eigenvalue weighted by atomic mass is 16.5. The summed E-state index contributed by atoms with van der Waals surface area (Å²) in [5, 5.41) is 3.39. The van der Waals surface area contributed by atoms with Gasteiger partial charge in [0.25, 0.3) is 0 Å².